The fourth-order valence-electron chi connectivity index (χ4n) is 3.02. The molecule has 0 aromatic heterocycles. The summed E-state index contributed by atoms with van der Waals surface area (Å²) in [5.41, 5.74) is 12.9. The van der Waals surface area contributed by atoms with Crippen LogP contribution in [0.25, 0.3) is 0 Å². The highest BCUT2D eigenvalue weighted by molar-refractivity contribution is 9.10. The molecule has 4 N–H and O–H groups in total. The van der Waals surface area contributed by atoms with Crippen LogP contribution in [0.3, 0.4) is 0 Å². The second-order valence-electron chi connectivity index (χ2n) is 5.56. The molecule has 0 saturated carbocycles. The van der Waals surface area contributed by atoms with Crippen LogP contribution in [-0.4, -0.2) is 29.9 Å². The molecule has 1 aromatic carbocycles. The van der Waals surface area contributed by atoms with Crippen LogP contribution in [0.1, 0.15) is 31.4 Å². The number of nitrogens with two attached hydrogens (primary N) is 2. The lowest BCUT2D eigenvalue weighted by Crippen LogP contribution is -2.47. The van der Waals surface area contributed by atoms with Gasteiger partial charge in [0.2, 0.25) is 5.91 Å². The number of hydrogen-bond donors (Lipinski definition) is 2. The average Bonchev–Trinajstić information content (AvgIpc) is 2.41. The smallest absolute Gasteiger partial charge is 0.221 e. The average molecular weight is 340 g/mol. The van der Waals surface area contributed by atoms with E-state index in [4.69, 9.17) is 11.5 Å². The molecular formula is C15H22BrN3O. The van der Waals surface area contributed by atoms with E-state index in [0.29, 0.717) is 6.54 Å². The van der Waals surface area contributed by atoms with Crippen LogP contribution in [0, 0.1) is 5.92 Å². The Balaban J connectivity index is 2.25. The summed E-state index contributed by atoms with van der Waals surface area (Å²) in [6.45, 7) is 3.66. The third kappa shape index (κ3) is 3.40. The maximum atomic E-state index is 11.5. The number of hydrogen-bond acceptors (Lipinski definition) is 3. The Bertz CT molecular complexity index is 478. The summed E-state index contributed by atoms with van der Waals surface area (Å²) in [5.74, 6) is -0.266. The first kappa shape index (κ1) is 15.5. The van der Waals surface area contributed by atoms with Gasteiger partial charge in [-0.05, 0) is 37.9 Å². The highest BCUT2D eigenvalue weighted by Gasteiger charge is 2.31. The van der Waals surface area contributed by atoms with Gasteiger partial charge in [-0.2, -0.15) is 0 Å². The van der Waals surface area contributed by atoms with Crippen molar-refractivity contribution in [2.45, 2.75) is 31.8 Å². The summed E-state index contributed by atoms with van der Waals surface area (Å²) in [4.78, 5) is 13.7. The molecule has 110 valence electrons. The number of carbonyl (C=O) groups is 1. The summed E-state index contributed by atoms with van der Waals surface area (Å²) in [6.07, 6.45) is 1.87. The number of carbonyl (C=O) groups excluding carboxylic acids is 1. The molecule has 0 radical (unpaired) electrons. The van der Waals surface area contributed by atoms with Gasteiger partial charge in [0.15, 0.2) is 0 Å². The van der Waals surface area contributed by atoms with Crippen LogP contribution >= 0.6 is 15.9 Å². The maximum absolute atomic E-state index is 11.5. The van der Waals surface area contributed by atoms with Crippen molar-refractivity contribution in [3.63, 3.8) is 0 Å². The van der Waals surface area contributed by atoms with Gasteiger partial charge in [0, 0.05) is 17.1 Å². The normalized spacial score (nSPS) is 23.2. The van der Waals surface area contributed by atoms with Crippen molar-refractivity contribution in [2.24, 2.45) is 17.4 Å². The molecule has 20 heavy (non-hydrogen) atoms. The largest absolute Gasteiger partial charge is 0.369 e. The van der Waals surface area contributed by atoms with Gasteiger partial charge in [0.05, 0.1) is 12.0 Å². The Labute approximate surface area is 128 Å². The number of likely N-dealkylation sites (tertiary alicyclic amines) is 1. The highest BCUT2D eigenvalue weighted by Crippen LogP contribution is 2.32. The van der Waals surface area contributed by atoms with Crippen LogP contribution in [0.15, 0.2) is 28.7 Å². The molecule has 1 amide bonds. The first-order chi connectivity index (χ1) is 9.50. The standard InChI is InChI=1S/C15H22BrN3O/c1-10(17)14(12-6-2-3-7-13(12)16)19-8-4-5-11(9-19)15(18)20/h2-3,6-7,10-11,14H,4-5,8-9,17H2,1H3,(H2,18,20). The Hall–Kier alpha value is -0.910. The zero-order valence-electron chi connectivity index (χ0n) is 11.8. The molecule has 1 heterocycles. The van der Waals surface area contributed by atoms with Crippen molar-refractivity contribution in [3.05, 3.63) is 34.3 Å². The van der Waals surface area contributed by atoms with Gasteiger partial charge in [-0.3, -0.25) is 9.69 Å². The number of halogens is 1. The maximum Gasteiger partial charge on any atom is 0.221 e. The van der Waals surface area contributed by atoms with E-state index in [1.807, 2.05) is 25.1 Å². The molecule has 1 aliphatic rings. The summed E-state index contributed by atoms with van der Waals surface area (Å²) in [5, 5.41) is 0. The molecule has 3 unspecified atom stereocenters. The Morgan fingerprint density at radius 2 is 2.15 bits per heavy atom. The first-order valence-corrected chi connectivity index (χ1v) is 7.83. The second-order valence-corrected chi connectivity index (χ2v) is 6.42. The third-order valence-corrected chi connectivity index (χ3v) is 4.69. The van der Waals surface area contributed by atoms with E-state index in [9.17, 15) is 4.79 Å². The SMILES string of the molecule is CC(N)C(c1ccccc1Br)N1CCCC(C(N)=O)C1. The zero-order chi connectivity index (χ0) is 14.7. The molecule has 1 saturated heterocycles. The number of rotatable bonds is 4. The molecule has 0 spiro atoms. The minimum Gasteiger partial charge on any atom is -0.369 e. The number of benzene rings is 1. The van der Waals surface area contributed by atoms with Crippen molar-refractivity contribution in [1.82, 2.24) is 4.90 Å². The van der Waals surface area contributed by atoms with Gasteiger partial charge in [-0.15, -0.1) is 0 Å². The fourth-order valence-corrected chi connectivity index (χ4v) is 3.54. The van der Waals surface area contributed by atoms with Crippen molar-refractivity contribution in [2.75, 3.05) is 13.1 Å². The topological polar surface area (TPSA) is 72.3 Å². The molecule has 3 atom stereocenters. The molecule has 0 bridgehead atoms. The minimum atomic E-state index is -0.203. The van der Waals surface area contributed by atoms with Gasteiger partial charge in [0.25, 0.3) is 0 Å². The number of amides is 1. The van der Waals surface area contributed by atoms with Gasteiger partial charge < -0.3 is 11.5 Å². The zero-order valence-corrected chi connectivity index (χ0v) is 13.3. The minimum absolute atomic E-state index is 0.0136. The van der Waals surface area contributed by atoms with Crippen LogP contribution in [-0.2, 0) is 4.79 Å². The molecular weight excluding hydrogens is 318 g/mol. The summed E-state index contributed by atoms with van der Waals surface area (Å²) in [7, 11) is 0. The van der Waals surface area contributed by atoms with Crippen LogP contribution in [0.4, 0.5) is 0 Å². The van der Waals surface area contributed by atoms with E-state index in [0.717, 1.165) is 23.9 Å². The quantitative estimate of drug-likeness (QED) is 0.881. The second kappa shape index (κ2) is 6.70. The highest BCUT2D eigenvalue weighted by atomic mass is 79.9. The molecule has 1 aromatic rings. The van der Waals surface area contributed by atoms with E-state index in [1.165, 1.54) is 5.56 Å². The summed E-state index contributed by atoms with van der Waals surface area (Å²) in [6, 6.07) is 8.22. The third-order valence-electron chi connectivity index (χ3n) is 3.97. The molecule has 1 fully saturated rings. The predicted octanol–water partition coefficient (Wildman–Crippen LogP) is 2.03. The molecule has 1 aliphatic heterocycles. The van der Waals surface area contributed by atoms with E-state index in [-0.39, 0.29) is 23.9 Å². The lowest BCUT2D eigenvalue weighted by atomic mass is 9.92. The molecule has 4 nitrogen and oxygen atoms in total. The van der Waals surface area contributed by atoms with Gasteiger partial charge in [0.1, 0.15) is 0 Å². The Morgan fingerprint density at radius 3 is 2.75 bits per heavy atom. The lowest BCUT2D eigenvalue weighted by molar-refractivity contribution is -0.123. The fraction of sp³-hybridized carbons (Fsp3) is 0.533. The van der Waals surface area contributed by atoms with Crippen LogP contribution < -0.4 is 11.5 Å². The molecule has 0 aliphatic carbocycles. The van der Waals surface area contributed by atoms with Crippen molar-refractivity contribution < 1.29 is 4.79 Å². The van der Waals surface area contributed by atoms with E-state index in [1.54, 1.807) is 0 Å². The number of piperidine rings is 1. The monoisotopic (exact) mass is 339 g/mol. The van der Waals surface area contributed by atoms with Gasteiger partial charge in [-0.1, -0.05) is 34.1 Å². The van der Waals surface area contributed by atoms with E-state index < -0.39 is 0 Å². The van der Waals surface area contributed by atoms with E-state index in [2.05, 4.69) is 26.9 Å². The van der Waals surface area contributed by atoms with Crippen molar-refractivity contribution >= 4 is 21.8 Å². The van der Waals surface area contributed by atoms with Gasteiger partial charge >= 0.3 is 0 Å². The van der Waals surface area contributed by atoms with Crippen LogP contribution in [0.2, 0.25) is 0 Å². The van der Waals surface area contributed by atoms with Crippen molar-refractivity contribution in [1.29, 1.82) is 0 Å². The number of primary amides is 1. The summed E-state index contributed by atoms with van der Waals surface area (Å²) >= 11 is 3.60. The lowest BCUT2D eigenvalue weighted by Gasteiger charge is -2.39. The molecule has 2 rings (SSSR count). The Morgan fingerprint density at radius 1 is 1.45 bits per heavy atom. The number of nitrogens with zero attached hydrogens (tertiary/aromatic N) is 1. The van der Waals surface area contributed by atoms with E-state index >= 15 is 0 Å². The predicted molar refractivity (Wildman–Crippen MR) is 84.0 cm³/mol. The Kier molecular flexibility index (Phi) is 5.18. The van der Waals surface area contributed by atoms with Crippen molar-refractivity contribution in [3.8, 4) is 0 Å². The molecule has 5 heteroatoms. The van der Waals surface area contributed by atoms with Crippen LogP contribution in [0.5, 0.6) is 0 Å². The summed E-state index contributed by atoms with van der Waals surface area (Å²) < 4.78 is 1.06. The first-order valence-electron chi connectivity index (χ1n) is 7.04. The van der Waals surface area contributed by atoms with Gasteiger partial charge in [-0.25, -0.2) is 0 Å².